The van der Waals surface area contributed by atoms with Crippen LogP contribution in [0.4, 0.5) is 20.2 Å². The van der Waals surface area contributed by atoms with Gasteiger partial charge in [-0.3, -0.25) is 9.78 Å². The van der Waals surface area contributed by atoms with Gasteiger partial charge in [0.2, 0.25) is 0 Å². The van der Waals surface area contributed by atoms with Gasteiger partial charge in [-0.1, -0.05) is 25.3 Å². The summed E-state index contributed by atoms with van der Waals surface area (Å²) in [4.78, 5) is 16.4. The fourth-order valence-electron chi connectivity index (χ4n) is 2.90. The van der Waals surface area contributed by atoms with Crippen molar-refractivity contribution in [3.05, 3.63) is 53.9 Å². The van der Waals surface area contributed by atoms with Crippen LogP contribution in [0.5, 0.6) is 0 Å². The standard InChI is InChI=1S/C18H19F2N3O/c19-14-7-4-8-15(20)17(14)22-13-9-10-21-16(11-13)18(24)23-12-5-2-1-3-6-12/h4,7-12H,1-3,5-6H2,(H,21,22)(H,23,24). The van der Waals surface area contributed by atoms with Crippen molar-refractivity contribution in [1.29, 1.82) is 0 Å². The van der Waals surface area contributed by atoms with E-state index in [1.54, 1.807) is 6.07 Å². The Balaban J connectivity index is 1.73. The van der Waals surface area contributed by atoms with Gasteiger partial charge in [0.25, 0.3) is 5.91 Å². The number of para-hydroxylation sites is 1. The van der Waals surface area contributed by atoms with Gasteiger partial charge in [0.1, 0.15) is 23.0 Å². The van der Waals surface area contributed by atoms with Gasteiger partial charge in [-0.15, -0.1) is 0 Å². The van der Waals surface area contributed by atoms with Crippen LogP contribution in [0.3, 0.4) is 0 Å². The van der Waals surface area contributed by atoms with Crippen molar-refractivity contribution in [2.45, 2.75) is 38.1 Å². The lowest BCUT2D eigenvalue weighted by molar-refractivity contribution is 0.0922. The third kappa shape index (κ3) is 3.88. The van der Waals surface area contributed by atoms with Crippen LogP contribution in [0, 0.1) is 11.6 Å². The molecule has 0 unspecified atom stereocenters. The lowest BCUT2D eigenvalue weighted by Gasteiger charge is -2.22. The van der Waals surface area contributed by atoms with Gasteiger partial charge < -0.3 is 10.6 Å². The molecule has 2 N–H and O–H groups in total. The molecule has 4 nitrogen and oxygen atoms in total. The van der Waals surface area contributed by atoms with Crippen molar-refractivity contribution in [3.63, 3.8) is 0 Å². The van der Waals surface area contributed by atoms with E-state index < -0.39 is 11.6 Å². The molecular weight excluding hydrogens is 312 g/mol. The molecule has 0 bridgehead atoms. The molecule has 24 heavy (non-hydrogen) atoms. The average Bonchev–Trinajstić information content (AvgIpc) is 2.59. The summed E-state index contributed by atoms with van der Waals surface area (Å²) >= 11 is 0. The average molecular weight is 331 g/mol. The third-order valence-corrected chi connectivity index (χ3v) is 4.17. The number of aromatic nitrogens is 1. The van der Waals surface area contributed by atoms with Crippen molar-refractivity contribution in [3.8, 4) is 0 Å². The zero-order valence-electron chi connectivity index (χ0n) is 13.2. The van der Waals surface area contributed by atoms with Gasteiger partial charge in [-0.2, -0.15) is 0 Å². The number of nitrogens with one attached hydrogen (secondary N) is 2. The first-order valence-corrected chi connectivity index (χ1v) is 8.11. The molecule has 0 spiro atoms. The van der Waals surface area contributed by atoms with Gasteiger partial charge in [0.05, 0.1) is 0 Å². The highest BCUT2D eigenvalue weighted by atomic mass is 19.1. The Morgan fingerprint density at radius 1 is 1.08 bits per heavy atom. The van der Waals surface area contributed by atoms with Gasteiger partial charge in [-0.05, 0) is 37.1 Å². The zero-order valence-corrected chi connectivity index (χ0v) is 13.2. The summed E-state index contributed by atoms with van der Waals surface area (Å²) < 4.78 is 27.4. The first-order chi connectivity index (χ1) is 11.6. The molecule has 0 aliphatic heterocycles. The van der Waals surface area contributed by atoms with Crippen LogP contribution in [0.15, 0.2) is 36.5 Å². The second-order valence-corrected chi connectivity index (χ2v) is 5.96. The van der Waals surface area contributed by atoms with Crippen LogP contribution in [0.2, 0.25) is 0 Å². The van der Waals surface area contributed by atoms with Gasteiger partial charge in [-0.25, -0.2) is 8.78 Å². The van der Waals surface area contributed by atoms with Crippen molar-refractivity contribution >= 4 is 17.3 Å². The maximum absolute atomic E-state index is 13.7. The normalized spacial score (nSPS) is 15.1. The Hall–Kier alpha value is -2.50. The highest BCUT2D eigenvalue weighted by Gasteiger charge is 2.18. The third-order valence-electron chi connectivity index (χ3n) is 4.17. The first-order valence-electron chi connectivity index (χ1n) is 8.11. The SMILES string of the molecule is O=C(NC1CCCCC1)c1cc(Nc2c(F)cccc2F)ccn1. The minimum atomic E-state index is -0.694. The van der Waals surface area contributed by atoms with E-state index in [-0.39, 0.29) is 23.3 Å². The summed E-state index contributed by atoms with van der Waals surface area (Å²) in [6, 6.07) is 6.86. The number of benzene rings is 1. The smallest absolute Gasteiger partial charge is 0.270 e. The summed E-state index contributed by atoms with van der Waals surface area (Å²) in [5, 5.41) is 5.64. The molecule has 1 fully saturated rings. The Morgan fingerprint density at radius 2 is 1.79 bits per heavy atom. The molecule has 6 heteroatoms. The number of pyridine rings is 1. The number of halogens is 2. The number of carbonyl (C=O) groups excluding carboxylic acids is 1. The number of carbonyl (C=O) groups is 1. The molecular formula is C18H19F2N3O. The van der Waals surface area contributed by atoms with Crippen LogP contribution in [-0.2, 0) is 0 Å². The molecule has 1 amide bonds. The first kappa shape index (κ1) is 16.4. The molecule has 1 heterocycles. The van der Waals surface area contributed by atoms with E-state index in [9.17, 15) is 13.6 Å². The number of hydrogen-bond acceptors (Lipinski definition) is 3. The number of hydrogen-bond donors (Lipinski definition) is 2. The molecule has 0 saturated heterocycles. The molecule has 0 atom stereocenters. The molecule has 1 saturated carbocycles. The molecule has 2 aromatic rings. The maximum atomic E-state index is 13.7. The van der Waals surface area contributed by atoms with Crippen LogP contribution < -0.4 is 10.6 Å². The molecule has 1 aromatic heterocycles. The minimum Gasteiger partial charge on any atom is -0.351 e. The number of nitrogens with zero attached hydrogens (tertiary/aromatic N) is 1. The molecule has 1 aromatic carbocycles. The fourth-order valence-corrected chi connectivity index (χ4v) is 2.90. The van der Waals surface area contributed by atoms with Crippen molar-refractivity contribution in [2.24, 2.45) is 0 Å². The molecule has 3 rings (SSSR count). The van der Waals surface area contributed by atoms with Gasteiger partial charge in [0.15, 0.2) is 0 Å². The van der Waals surface area contributed by atoms with E-state index in [4.69, 9.17) is 0 Å². The monoisotopic (exact) mass is 331 g/mol. The summed E-state index contributed by atoms with van der Waals surface area (Å²) in [5.41, 5.74) is 0.382. The van der Waals surface area contributed by atoms with Crippen LogP contribution in [0.1, 0.15) is 42.6 Å². The van der Waals surface area contributed by atoms with E-state index >= 15 is 0 Å². The van der Waals surface area contributed by atoms with Crippen molar-refractivity contribution in [2.75, 3.05) is 5.32 Å². The Bertz CT molecular complexity index is 710. The van der Waals surface area contributed by atoms with Crippen molar-refractivity contribution in [1.82, 2.24) is 10.3 Å². The Kier molecular flexibility index (Phi) is 5.03. The summed E-state index contributed by atoms with van der Waals surface area (Å²) in [6.07, 6.45) is 6.84. The highest BCUT2D eigenvalue weighted by Crippen LogP contribution is 2.23. The van der Waals surface area contributed by atoms with Crippen LogP contribution >= 0.6 is 0 Å². The largest absolute Gasteiger partial charge is 0.351 e. The zero-order chi connectivity index (χ0) is 16.9. The molecule has 1 aliphatic carbocycles. The van der Waals surface area contributed by atoms with E-state index in [0.29, 0.717) is 5.69 Å². The molecule has 0 radical (unpaired) electrons. The Labute approximate surface area is 139 Å². The second kappa shape index (κ2) is 7.38. The van der Waals surface area contributed by atoms with E-state index in [0.717, 1.165) is 25.7 Å². The summed E-state index contributed by atoms with van der Waals surface area (Å²) in [6.45, 7) is 0. The predicted molar refractivity (Wildman–Crippen MR) is 88.2 cm³/mol. The highest BCUT2D eigenvalue weighted by molar-refractivity contribution is 5.93. The molecule has 1 aliphatic rings. The van der Waals surface area contributed by atoms with E-state index in [1.807, 2.05) is 0 Å². The van der Waals surface area contributed by atoms with Crippen molar-refractivity contribution < 1.29 is 13.6 Å². The fraction of sp³-hybridized carbons (Fsp3) is 0.333. The number of amides is 1. The predicted octanol–water partition coefficient (Wildman–Crippen LogP) is 4.17. The van der Waals surface area contributed by atoms with Crippen LogP contribution in [0.25, 0.3) is 0 Å². The molecule has 126 valence electrons. The quantitative estimate of drug-likeness (QED) is 0.884. The lowest BCUT2D eigenvalue weighted by Crippen LogP contribution is -2.36. The number of anilines is 2. The van der Waals surface area contributed by atoms with Crippen LogP contribution in [-0.4, -0.2) is 16.9 Å². The van der Waals surface area contributed by atoms with E-state index in [2.05, 4.69) is 15.6 Å². The number of rotatable bonds is 4. The Morgan fingerprint density at radius 3 is 2.50 bits per heavy atom. The lowest BCUT2D eigenvalue weighted by atomic mass is 9.95. The minimum absolute atomic E-state index is 0.175. The summed E-state index contributed by atoms with van der Waals surface area (Å²) in [5.74, 6) is -1.65. The summed E-state index contributed by atoms with van der Waals surface area (Å²) in [7, 11) is 0. The van der Waals surface area contributed by atoms with Gasteiger partial charge in [0, 0.05) is 17.9 Å². The maximum Gasteiger partial charge on any atom is 0.270 e. The second-order valence-electron chi connectivity index (χ2n) is 5.96. The van der Waals surface area contributed by atoms with Gasteiger partial charge >= 0.3 is 0 Å². The van der Waals surface area contributed by atoms with E-state index in [1.165, 1.54) is 36.9 Å². The topological polar surface area (TPSA) is 54.0 Å².